The predicted octanol–water partition coefficient (Wildman–Crippen LogP) is 0.713. The van der Waals surface area contributed by atoms with E-state index < -0.39 is 0 Å². The number of pyridine rings is 1. The summed E-state index contributed by atoms with van der Waals surface area (Å²) >= 11 is 0. The molecule has 2 fully saturated rings. The highest BCUT2D eigenvalue weighted by Crippen LogP contribution is 2.31. The van der Waals surface area contributed by atoms with Gasteiger partial charge in [0, 0.05) is 32.3 Å². The first-order valence-electron chi connectivity index (χ1n) is 8.92. The maximum atomic E-state index is 12.5. The fraction of sp³-hybridized carbons (Fsp3) is 0.611. The first-order valence-corrected chi connectivity index (χ1v) is 8.92. The molecular formula is C18H26N4O3. The molecule has 0 bridgehead atoms. The monoisotopic (exact) mass is 346 g/mol. The van der Waals surface area contributed by atoms with Crippen molar-refractivity contribution in [2.24, 2.45) is 0 Å². The number of ether oxygens (including phenoxy) is 1. The Morgan fingerprint density at radius 2 is 2.12 bits per heavy atom. The van der Waals surface area contributed by atoms with E-state index in [1.165, 1.54) is 12.5 Å². The van der Waals surface area contributed by atoms with Crippen LogP contribution in [-0.2, 0) is 20.9 Å². The molecule has 7 heteroatoms. The molecule has 0 saturated carbocycles. The molecule has 7 nitrogen and oxygen atoms in total. The molecule has 1 N–H and O–H groups in total. The quantitative estimate of drug-likeness (QED) is 0.850. The third kappa shape index (κ3) is 4.76. The Hall–Kier alpha value is -1.99. The summed E-state index contributed by atoms with van der Waals surface area (Å²) in [6, 6.07) is 4.29. The van der Waals surface area contributed by atoms with E-state index in [-0.39, 0.29) is 17.9 Å². The summed E-state index contributed by atoms with van der Waals surface area (Å²) in [5, 5.41) is 2.78. The molecule has 3 rings (SSSR count). The Labute approximate surface area is 148 Å². The predicted molar refractivity (Wildman–Crippen MR) is 92.7 cm³/mol. The van der Waals surface area contributed by atoms with Crippen LogP contribution in [-0.4, -0.2) is 66.0 Å². The van der Waals surface area contributed by atoms with Crippen LogP contribution in [0, 0.1) is 0 Å². The van der Waals surface area contributed by atoms with Gasteiger partial charge in [-0.25, -0.2) is 0 Å². The maximum absolute atomic E-state index is 12.5. The average molecular weight is 346 g/mol. The van der Waals surface area contributed by atoms with Crippen LogP contribution in [0.3, 0.4) is 0 Å². The topological polar surface area (TPSA) is 74.8 Å². The van der Waals surface area contributed by atoms with Crippen LogP contribution in [0.5, 0.6) is 0 Å². The van der Waals surface area contributed by atoms with E-state index in [0.29, 0.717) is 39.4 Å². The number of morpholine rings is 1. The second-order valence-electron chi connectivity index (χ2n) is 6.61. The number of amides is 2. The molecule has 0 aliphatic carbocycles. The van der Waals surface area contributed by atoms with Crippen molar-refractivity contribution in [3.8, 4) is 0 Å². The van der Waals surface area contributed by atoms with Gasteiger partial charge in [0.05, 0.1) is 32.0 Å². The smallest absolute Gasteiger partial charge is 0.236 e. The van der Waals surface area contributed by atoms with E-state index in [1.54, 1.807) is 6.20 Å². The van der Waals surface area contributed by atoms with Crippen molar-refractivity contribution in [2.45, 2.75) is 32.4 Å². The van der Waals surface area contributed by atoms with Gasteiger partial charge in [0.25, 0.3) is 0 Å². The van der Waals surface area contributed by atoms with E-state index in [9.17, 15) is 9.59 Å². The summed E-state index contributed by atoms with van der Waals surface area (Å²) in [5.74, 6) is 0.119. The van der Waals surface area contributed by atoms with Crippen molar-refractivity contribution in [2.75, 3.05) is 39.4 Å². The van der Waals surface area contributed by atoms with Gasteiger partial charge in [-0.1, -0.05) is 0 Å². The van der Waals surface area contributed by atoms with Gasteiger partial charge in [0.1, 0.15) is 0 Å². The van der Waals surface area contributed by atoms with Gasteiger partial charge in [-0.3, -0.25) is 19.5 Å². The Balaban J connectivity index is 1.63. The summed E-state index contributed by atoms with van der Waals surface area (Å²) in [7, 11) is 0. The molecule has 1 unspecified atom stereocenters. The third-order valence-electron chi connectivity index (χ3n) is 4.81. The van der Waals surface area contributed by atoms with Crippen molar-refractivity contribution >= 4 is 11.8 Å². The van der Waals surface area contributed by atoms with Gasteiger partial charge in [0.2, 0.25) is 11.8 Å². The van der Waals surface area contributed by atoms with Crippen LogP contribution < -0.4 is 5.32 Å². The van der Waals surface area contributed by atoms with Crippen molar-refractivity contribution in [3.63, 3.8) is 0 Å². The number of likely N-dealkylation sites (tertiary alicyclic amines) is 1. The molecule has 1 aromatic rings. The molecule has 0 spiro atoms. The standard InChI is InChI=1S/C18H26N4O3/c1-14(23)20-12-16-11-15(4-5-19-16)17-3-2-6-22(17)13-18(24)21-7-9-25-10-8-21/h4-5,11,17H,2-3,6-10,12-13H2,1H3,(H,20,23). The van der Waals surface area contributed by atoms with Gasteiger partial charge in [-0.05, 0) is 37.1 Å². The molecule has 2 saturated heterocycles. The number of hydrogen-bond acceptors (Lipinski definition) is 5. The molecule has 2 aliphatic heterocycles. The largest absolute Gasteiger partial charge is 0.378 e. The van der Waals surface area contributed by atoms with Gasteiger partial charge in [0.15, 0.2) is 0 Å². The molecule has 2 amide bonds. The minimum atomic E-state index is -0.0641. The van der Waals surface area contributed by atoms with Crippen LogP contribution >= 0.6 is 0 Å². The van der Waals surface area contributed by atoms with E-state index >= 15 is 0 Å². The van der Waals surface area contributed by atoms with E-state index in [2.05, 4.69) is 15.2 Å². The molecule has 0 radical (unpaired) electrons. The number of carbonyl (C=O) groups is 2. The first-order chi connectivity index (χ1) is 12.1. The molecule has 1 aromatic heterocycles. The molecule has 136 valence electrons. The Morgan fingerprint density at radius 1 is 1.32 bits per heavy atom. The lowest BCUT2D eigenvalue weighted by molar-refractivity contribution is -0.136. The maximum Gasteiger partial charge on any atom is 0.236 e. The van der Waals surface area contributed by atoms with Crippen LogP contribution in [0.1, 0.15) is 37.1 Å². The number of rotatable bonds is 5. The first kappa shape index (κ1) is 17.8. The van der Waals surface area contributed by atoms with Crippen LogP contribution in [0.15, 0.2) is 18.3 Å². The number of nitrogens with one attached hydrogen (secondary N) is 1. The van der Waals surface area contributed by atoms with E-state index in [1.807, 2.05) is 17.0 Å². The highest BCUT2D eigenvalue weighted by atomic mass is 16.5. The minimum absolute atomic E-state index is 0.0641. The number of carbonyl (C=O) groups excluding carboxylic acids is 2. The van der Waals surface area contributed by atoms with Crippen LogP contribution in [0.25, 0.3) is 0 Å². The fourth-order valence-electron chi connectivity index (χ4n) is 3.50. The molecule has 1 atom stereocenters. The van der Waals surface area contributed by atoms with E-state index in [0.717, 1.165) is 25.1 Å². The Morgan fingerprint density at radius 3 is 2.88 bits per heavy atom. The summed E-state index contributed by atoms with van der Waals surface area (Å²) in [5.41, 5.74) is 2.02. The molecule has 3 heterocycles. The van der Waals surface area contributed by atoms with Gasteiger partial charge >= 0.3 is 0 Å². The van der Waals surface area contributed by atoms with Gasteiger partial charge in [-0.15, -0.1) is 0 Å². The third-order valence-corrected chi connectivity index (χ3v) is 4.81. The molecule has 2 aliphatic rings. The number of hydrogen-bond donors (Lipinski definition) is 1. The van der Waals surface area contributed by atoms with Crippen molar-refractivity contribution in [1.82, 2.24) is 20.1 Å². The normalized spacial score (nSPS) is 21.3. The number of aromatic nitrogens is 1. The zero-order valence-corrected chi connectivity index (χ0v) is 14.7. The zero-order chi connectivity index (χ0) is 17.6. The molecule has 0 aromatic carbocycles. The van der Waals surface area contributed by atoms with Crippen molar-refractivity contribution < 1.29 is 14.3 Å². The second kappa shape index (κ2) is 8.40. The Bertz CT molecular complexity index is 616. The van der Waals surface area contributed by atoms with Crippen molar-refractivity contribution in [1.29, 1.82) is 0 Å². The van der Waals surface area contributed by atoms with E-state index in [4.69, 9.17) is 4.74 Å². The highest BCUT2D eigenvalue weighted by molar-refractivity contribution is 5.78. The molecular weight excluding hydrogens is 320 g/mol. The summed E-state index contributed by atoms with van der Waals surface area (Å²) in [6.07, 6.45) is 3.91. The van der Waals surface area contributed by atoms with Gasteiger partial charge < -0.3 is 15.0 Å². The zero-order valence-electron chi connectivity index (χ0n) is 14.7. The van der Waals surface area contributed by atoms with Crippen molar-refractivity contribution in [3.05, 3.63) is 29.6 Å². The van der Waals surface area contributed by atoms with Crippen LogP contribution in [0.2, 0.25) is 0 Å². The minimum Gasteiger partial charge on any atom is -0.378 e. The summed E-state index contributed by atoms with van der Waals surface area (Å²) in [6.45, 7) is 5.96. The summed E-state index contributed by atoms with van der Waals surface area (Å²) in [4.78, 5) is 32.1. The summed E-state index contributed by atoms with van der Waals surface area (Å²) < 4.78 is 5.32. The SMILES string of the molecule is CC(=O)NCc1cc(C2CCCN2CC(=O)N2CCOCC2)ccn1. The lowest BCUT2D eigenvalue weighted by Crippen LogP contribution is -2.45. The molecule has 25 heavy (non-hydrogen) atoms. The fourth-order valence-corrected chi connectivity index (χ4v) is 3.50. The highest BCUT2D eigenvalue weighted by Gasteiger charge is 2.29. The number of nitrogens with zero attached hydrogens (tertiary/aromatic N) is 3. The lowest BCUT2D eigenvalue weighted by Gasteiger charge is -2.31. The van der Waals surface area contributed by atoms with Gasteiger partial charge in [-0.2, -0.15) is 0 Å². The van der Waals surface area contributed by atoms with Crippen LogP contribution in [0.4, 0.5) is 0 Å². The second-order valence-corrected chi connectivity index (χ2v) is 6.61. The Kier molecular flexibility index (Phi) is 5.99. The average Bonchev–Trinajstić information content (AvgIpc) is 3.09. The lowest BCUT2D eigenvalue weighted by atomic mass is 10.0.